The summed E-state index contributed by atoms with van der Waals surface area (Å²) in [7, 11) is 3.44. The zero-order valence-electron chi connectivity index (χ0n) is 9.20. The van der Waals surface area contributed by atoms with Crippen LogP contribution in [-0.4, -0.2) is 41.4 Å². The lowest BCUT2D eigenvalue weighted by Crippen LogP contribution is -2.24. The summed E-state index contributed by atoms with van der Waals surface area (Å²) in [6.45, 7) is 0.479. The van der Waals surface area contributed by atoms with E-state index in [0.717, 1.165) is 0 Å². The lowest BCUT2D eigenvalue weighted by Gasteiger charge is -2.10. The molecule has 3 N–H and O–H groups in total. The molecule has 1 amide bonds. The van der Waals surface area contributed by atoms with E-state index < -0.39 is 0 Å². The maximum absolute atomic E-state index is 11.3. The number of nitrogens with one attached hydrogen (secondary N) is 1. The van der Waals surface area contributed by atoms with Crippen molar-refractivity contribution in [2.75, 3.05) is 31.7 Å². The fourth-order valence-electron chi connectivity index (χ4n) is 1.02. The Balaban J connectivity index is 2.46. The first-order valence-electron chi connectivity index (χ1n) is 4.73. The number of nitrogen functional groups attached to an aromatic ring is 1. The lowest BCUT2D eigenvalue weighted by molar-refractivity contribution is -0.128. The van der Waals surface area contributed by atoms with Crippen LogP contribution in [0.15, 0.2) is 10.7 Å². The van der Waals surface area contributed by atoms with E-state index in [1.807, 2.05) is 0 Å². The summed E-state index contributed by atoms with van der Waals surface area (Å²) >= 11 is 3.21. The minimum atomic E-state index is 0.0514. The van der Waals surface area contributed by atoms with E-state index in [1.165, 1.54) is 4.90 Å². The van der Waals surface area contributed by atoms with Crippen LogP contribution in [0.3, 0.4) is 0 Å². The molecule has 0 aromatic carbocycles. The molecule has 0 radical (unpaired) electrons. The average Bonchev–Trinajstić information content (AvgIpc) is 2.15. The van der Waals surface area contributed by atoms with Gasteiger partial charge in [0.1, 0.15) is 10.4 Å². The molecule has 0 spiro atoms. The van der Waals surface area contributed by atoms with Gasteiger partial charge in [-0.15, -0.1) is 0 Å². The first kappa shape index (κ1) is 12.7. The van der Waals surface area contributed by atoms with Crippen molar-refractivity contribution in [3.05, 3.63) is 10.7 Å². The average molecular weight is 288 g/mol. The molecule has 0 unspecified atom stereocenters. The van der Waals surface area contributed by atoms with Gasteiger partial charge in [-0.1, -0.05) is 0 Å². The maximum Gasteiger partial charge on any atom is 0.225 e. The Morgan fingerprint density at radius 2 is 2.25 bits per heavy atom. The summed E-state index contributed by atoms with van der Waals surface area (Å²) in [6.07, 6.45) is 0.392. The molecule has 1 heterocycles. The predicted octanol–water partition coefficient (Wildman–Crippen LogP) is 0.712. The van der Waals surface area contributed by atoms with Gasteiger partial charge in [-0.3, -0.25) is 4.79 Å². The van der Waals surface area contributed by atoms with Crippen LogP contribution in [-0.2, 0) is 4.79 Å². The van der Waals surface area contributed by atoms with Gasteiger partial charge < -0.3 is 16.0 Å². The molecule has 1 aromatic rings. The van der Waals surface area contributed by atoms with Crippen LogP contribution in [0.4, 0.5) is 11.8 Å². The molecule has 0 bridgehead atoms. The van der Waals surface area contributed by atoms with Gasteiger partial charge in [0, 0.05) is 33.1 Å². The molecule has 0 aliphatic carbocycles. The molecule has 0 saturated carbocycles. The second kappa shape index (κ2) is 5.64. The number of aromatic nitrogens is 2. The van der Waals surface area contributed by atoms with Gasteiger partial charge in [0.15, 0.2) is 0 Å². The van der Waals surface area contributed by atoms with Gasteiger partial charge in [-0.05, 0) is 15.9 Å². The molecule has 0 fully saturated rings. The van der Waals surface area contributed by atoms with Crippen molar-refractivity contribution in [1.29, 1.82) is 0 Å². The van der Waals surface area contributed by atoms with Gasteiger partial charge in [0.25, 0.3) is 0 Å². The molecule has 88 valence electrons. The second-order valence-electron chi connectivity index (χ2n) is 3.40. The molecule has 0 saturated heterocycles. The minimum absolute atomic E-state index is 0.0514. The Kier molecular flexibility index (Phi) is 4.48. The van der Waals surface area contributed by atoms with Gasteiger partial charge in [-0.2, -0.15) is 4.98 Å². The summed E-state index contributed by atoms with van der Waals surface area (Å²) in [5.74, 6) is 0.845. The van der Waals surface area contributed by atoms with Crippen LogP contribution in [0.25, 0.3) is 0 Å². The molecule has 0 atom stereocenters. The van der Waals surface area contributed by atoms with Crippen molar-refractivity contribution < 1.29 is 4.79 Å². The van der Waals surface area contributed by atoms with Crippen molar-refractivity contribution in [1.82, 2.24) is 14.9 Å². The summed E-state index contributed by atoms with van der Waals surface area (Å²) in [4.78, 5) is 20.9. The fraction of sp³-hybridized carbons (Fsp3) is 0.444. The first-order chi connectivity index (χ1) is 7.49. The van der Waals surface area contributed by atoms with Crippen LogP contribution in [0.2, 0.25) is 0 Å². The third kappa shape index (κ3) is 4.01. The zero-order chi connectivity index (χ0) is 12.1. The number of rotatable bonds is 4. The topological polar surface area (TPSA) is 84.1 Å². The number of amides is 1. The molecule has 1 rings (SSSR count). The zero-order valence-corrected chi connectivity index (χ0v) is 10.8. The summed E-state index contributed by atoms with van der Waals surface area (Å²) in [6, 6.07) is 1.61. The fourth-order valence-corrected chi connectivity index (χ4v) is 1.42. The monoisotopic (exact) mass is 287 g/mol. The quantitative estimate of drug-likeness (QED) is 0.797. The van der Waals surface area contributed by atoms with Gasteiger partial charge >= 0.3 is 0 Å². The van der Waals surface area contributed by atoms with Gasteiger partial charge in [-0.25, -0.2) is 4.98 Å². The number of nitrogens with zero attached hydrogens (tertiary/aromatic N) is 3. The number of carbonyl (C=O) groups is 1. The number of nitrogens with two attached hydrogens (primary N) is 1. The Hall–Kier alpha value is -1.37. The third-order valence-corrected chi connectivity index (χ3v) is 2.24. The Labute approximate surface area is 102 Å². The van der Waals surface area contributed by atoms with E-state index in [4.69, 9.17) is 5.73 Å². The van der Waals surface area contributed by atoms with Crippen molar-refractivity contribution in [3.63, 3.8) is 0 Å². The standard InChI is InChI=1S/C9H14BrN5O/c1-15(2)8(16)3-4-12-9-13-6(10)5-7(11)14-9/h5H,3-4H2,1-2H3,(H3,11,12,13,14). The van der Waals surface area contributed by atoms with E-state index >= 15 is 0 Å². The Bertz CT molecular complexity index is 362. The highest BCUT2D eigenvalue weighted by Crippen LogP contribution is 2.12. The smallest absolute Gasteiger partial charge is 0.225 e. The minimum Gasteiger partial charge on any atom is -0.383 e. The van der Waals surface area contributed by atoms with Crippen LogP contribution < -0.4 is 11.1 Å². The molecule has 16 heavy (non-hydrogen) atoms. The molecule has 1 aromatic heterocycles. The predicted molar refractivity (Wildman–Crippen MR) is 65.9 cm³/mol. The number of hydrogen-bond acceptors (Lipinski definition) is 5. The number of hydrogen-bond donors (Lipinski definition) is 2. The molecular weight excluding hydrogens is 274 g/mol. The SMILES string of the molecule is CN(C)C(=O)CCNc1nc(N)cc(Br)n1. The molecule has 6 nitrogen and oxygen atoms in total. The third-order valence-electron chi connectivity index (χ3n) is 1.84. The molecule has 0 aliphatic heterocycles. The van der Waals surface area contributed by atoms with Crippen molar-refractivity contribution >= 4 is 33.6 Å². The highest BCUT2D eigenvalue weighted by molar-refractivity contribution is 9.10. The Morgan fingerprint density at radius 1 is 1.56 bits per heavy atom. The lowest BCUT2D eigenvalue weighted by atomic mass is 10.4. The largest absolute Gasteiger partial charge is 0.383 e. The van der Waals surface area contributed by atoms with E-state index in [-0.39, 0.29) is 5.91 Å². The highest BCUT2D eigenvalue weighted by Gasteiger charge is 2.04. The Morgan fingerprint density at radius 3 is 2.81 bits per heavy atom. The normalized spacial score (nSPS) is 9.94. The molecular formula is C9H14BrN5O. The van der Waals surface area contributed by atoms with Crippen LogP contribution >= 0.6 is 15.9 Å². The van der Waals surface area contributed by atoms with Crippen LogP contribution in [0, 0.1) is 0 Å². The molecule has 0 aliphatic rings. The second-order valence-corrected chi connectivity index (χ2v) is 4.22. The first-order valence-corrected chi connectivity index (χ1v) is 5.52. The van der Waals surface area contributed by atoms with E-state index in [9.17, 15) is 4.79 Å². The van der Waals surface area contributed by atoms with E-state index in [1.54, 1.807) is 20.2 Å². The van der Waals surface area contributed by atoms with Crippen molar-refractivity contribution in [2.45, 2.75) is 6.42 Å². The van der Waals surface area contributed by atoms with Crippen LogP contribution in [0.1, 0.15) is 6.42 Å². The number of halogens is 1. The highest BCUT2D eigenvalue weighted by atomic mass is 79.9. The summed E-state index contributed by atoms with van der Waals surface area (Å²) in [5.41, 5.74) is 5.54. The van der Waals surface area contributed by atoms with Gasteiger partial charge in [0.2, 0.25) is 11.9 Å². The summed E-state index contributed by atoms with van der Waals surface area (Å²) in [5, 5.41) is 2.93. The van der Waals surface area contributed by atoms with Gasteiger partial charge in [0.05, 0.1) is 0 Å². The number of anilines is 2. The summed E-state index contributed by atoms with van der Waals surface area (Å²) < 4.78 is 0.612. The molecule has 7 heteroatoms. The van der Waals surface area contributed by atoms with Crippen molar-refractivity contribution in [2.24, 2.45) is 0 Å². The van der Waals surface area contributed by atoms with Crippen molar-refractivity contribution in [3.8, 4) is 0 Å². The maximum atomic E-state index is 11.3. The van der Waals surface area contributed by atoms with E-state index in [0.29, 0.717) is 29.3 Å². The van der Waals surface area contributed by atoms with E-state index in [2.05, 4.69) is 31.2 Å². The van der Waals surface area contributed by atoms with Crippen LogP contribution in [0.5, 0.6) is 0 Å². The number of carbonyl (C=O) groups excluding carboxylic acids is 1.